The van der Waals surface area contributed by atoms with Gasteiger partial charge in [0.25, 0.3) is 5.91 Å². The minimum absolute atomic E-state index is 0.104. The van der Waals surface area contributed by atoms with E-state index in [4.69, 9.17) is 9.47 Å². The average molecular weight is 497 g/mol. The van der Waals surface area contributed by atoms with Crippen LogP contribution < -0.4 is 14.8 Å². The average Bonchev–Trinajstić information content (AvgIpc) is 2.84. The van der Waals surface area contributed by atoms with Crippen LogP contribution in [0.25, 0.3) is 6.08 Å². The Morgan fingerprint density at radius 3 is 2.28 bits per heavy atom. The van der Waals surface area contributed by atoms with E-state index in [-0.39, 0.29) is 17.1 Å². The van der Waals surface area contributed by atoms with Crippen LogP contribution >= 0.6 is 0 Å². The van der Waals surface area contributed by atoms with Crippen LogP contribution in [0.5, 0.6) is 17.2 Å². The predicted octanol–water partition coefficient (Wildman–Crippen LogP) is 6.35. The van der Waals surface area contributed by atoms with E-state index in [9.17, 15) is 33.3 Å². The number of rotatable bonds is 8. The first-order valence-electron chi connectivity index (χ1n) is 10.4. The van der Waals surface area contributed by atoms with Gasteiger partial charge in [0.1, 0.15) is 23.1 Å². The van der Waals surface area contributed by atoms with E-state index in [1.54, 1.807) is 24.3 Å². The summed E-state index contributed by atoms with van der Waals surface area (Å²) in [6.45, 7) is 2.34. The standard InChI is InChI=1S/C25H18F3N3O5/c1-2-35-20-10-6-19(7-11-20)30-24(32)17(15-29)13-16-3-8-21(9-4-16)36-23-12-5-18(25(26,27)28)14-22(23)31(33)34/h3-14H,2H2,1H3,(H,30,32). The van der Waals surface area contributed by atoms with E-state index in [2.05, 4.69) is 5.32 Å². The molecule has 0 radical (unpaired) electrons. The molecular formula is C25H18F3N3O5. The monoisotopic (exact) mass is 497 g/mol. The number of nitriles is 1. The van der Waals surface area contributed by atoms with Crippen molar-refractivity contribution in [3.05, 3.63) is 93.5 Å². The molecule has 0 aromatic heterocycles. The molecule has 8 nitrogen and oxygen atoms in total. The minimum atomic E-state index is -4.74. The highest BCUT2D eigenvalue weighted by molar-refractivity contribution is 6.09. The summed E-state index contributed by atoms with van der Waals surface area (Å²) >= 11 is 0. The van der Waals surface area contributed by atoms with Crippen molar-refractivity contribution < 1.29 is 32.4 Å². The Balaban J connectivity index is 1.74. The Morgan fingerprint density at radius 1 is 1.08 bits per heavy atom. The maximum Gasteiger partial charge on any atom is 0.416 e. The van der Waals surface area contributed by atoms with Gasteiger partial charge in [-0.15, -0.1) is 0 Å². The lowest BCUT2D eigenvalue weighted by Gasteiger charge is -2.10. The van der Waals surface area contributed by atoms with Crippen molar-refractivity contribution in [3.8, 4) is 23.3 Å². The van der Waals surface area contributed by atoms with Crippen molar-refractivity contribution in [1.29, 1.82) is 5.26 Å². The van der Waals surface area contributed by atoms with Gasteiger partial charge in [0.2, 0.25) is 5.75 Å². The number of hydrogen-bond acceptors (Lipinski definition) is 6. The number of nitro groups is 1. The Hall–Kier alpha value is -4.85. The molecule has 0 spiro atoms. The summed E-state index contributed by atoms with van der Waals surface area (Å²) in [5, 5.41) is 23.2. The SMILES string of the molecule is CCOc1ccc(NC(=O)C(C#N)=Cc2ccc(Oc3ccc(C(F)(F)F)cc3[N+](=O)[O-])cc2)cc1. The molecule has 36 heavy (non-hydrogen) atoms. The normalized spacial score (nSPS) is 11.4. The molecule has 0 saturated heterocycles. The third-order valence-corrected chi connectivity index (χ3v) is 4.69. The molecule has 0 aliphatic carbocycles. The van der Waals surface area contributed by atoms with Crippen LogP contribution in [0.3, 0.4) is 0 Å². The van der Waals surface area contributed by atoms with Crippen LogP contribution in [0.4, 0.5) is 24.5 Å². The Labute approximate surface area is 203 Å². The van der Waals surface area contributed by atoms with Gasteiger partial charge in [-0.25, -0.2) is 0 Å². The molecular weight excluding hydrogens is 479 g/mol. The summed E-state index contributed by atoms with van der Waals surface area (Å²) in [5.41, 5.74) is -1.29. The van der Waals surface area contributed by atoms with E-state index >= 15 is 0 Å². The number of halogens is 3. The summed E-state index contributed by atoms with van der Waals surface area (Å²) in [6, 6.07) is 16.1. The Morgan fingerprint density at radius 2 is 1.72 bits per heavy atom. The van der Waals surface area contributed by atoms with E-state index in [0.29, 0.717) is 35.7 Å². The third kappa shape index (κ3) is 6.60. The topological polar surface area (TPSA) is 114 Å². The van der Waals surface area contributed by atoms with Gasteiger partial charge in [0.05, 0.1) is 17.1 Å². The highest BCUT2D eigenvalue weighted by Crippen LogP contribution is 2.37. The summed E-state index contributed by atoms with van der Waals surface area (Å²) in [5.74, 6) is -0.269. The number of nitrogens with one attached hydrogen (secondary N) is 1. The summed E-state index contributed by atoms with van der Waals surface area (Å²) in [4.78, 5) is 22.7. The first-order valence-corrected chi connectivity index (χ1v) is 10.4. The van der Waals surface area contributed by atoms with E-state index in [1.807, 2.05) is 13.0 Å². The fourth-order valence-electron chi connectivity index (χ4n) is 3.00. The molecule has 3 rings (SSSR count). The number of ether oxygens (including phenoxy) is 2. The number of nitro benzene ring substituents is 1. The zero-order valence-electron chi connectivity index (χ0n) is 18.7. The maximum absolute atomic E-state index is 12.9. The minimum Gasteiger partial charge on any atom is -0.494 e. The zero-order chi connectivity index (χ0) is 26.3. The number of carbonyl (C=O) groups is 1. The number of carbonyl (C=O) groups excluding carboxylic acids is 1. The smallest absolute Gasteiger partial charge is 0.416 e. The zero-order valence-corrected chi connectivity index (χ0v) is 18.7. The van der Waals surface area contributed by atoms with E-state index in [1.165, 1.54) is 30.3 Å². The molecule has 0 aliphatic heterocycles. The van der Waals surface area contributed by atoms with Crippen molar-refractivity contribution in [2.45, 2.75) is 13.1 Å². The van der Waals surface area contributed by atoms with Gasteiger partial charge in [-0.05, 0) is 67.1 Å². The van der Waals surface area contributed by atoms with Crippen molar-refractivity contribution in [2.24, 2.45) is 0 Å². The second kappa shape index (κ2) is 11.1. The molecule has 3 aromatic carbocycles. The van der Waals surface area contributed by atoms with Gasteiger partial charge in [0, 0.05) is 11.8 Å². The largest absolute Gasteiger partial charge is 0.494 e. The van der Waals surface area contributed by atoms with Crippen LogP contribution in [0, 0.1) is 21.4 Å². The molecule has 11 heteroatoms. The second-order valence-electron chi connectivity index (χ2n) is 7.19. The number of anilines is 1. The van der Waals surface area contributed by atoms with Crippen molar-refractivity contribution in [3.63, 3.8) is 0 Å². The molecule has 3 aromatic rings. The highest BCUT2D eigenvalue weighted by Gasteiger charge is 2.33. The molecule has 184 valence electrons. The number of amides is 1. The van der Waals surface area contributed by atoms with Gasteiger partial charge in [-0.1, -0.05) is 12.1 Å². The van der Waals surface area contributed by atoms with E-state index in [0.717, 1.165) is 6.07 Å². The molecule has 0 fully saturated rings. The van der Waals surface area contributed by atoms with Crippen LogP contribution in [0.15, 0.2) is 72.3 Å². The molecule has 0 heterocycles. The van der Waals surface area contributed by atoms with Gasteiger partial charge >= 0.3 is 11.9 Å². The summed E-state index contributed by atoms with van der Waals surface area (Å²) < 4.78 is 49.3. The van der Waals surface area contributed by atoms with Crippen molar-refractivity contribution in [2.75, 3.05) is 11.9 Å². The quantitative estimate of drug-likeness (QED) is 0.168. The lowest BCUT2D eigenvalue weighted by Crippen LogP contribution is -2.13. The number of alkyl halides is 3. The van der Waals surface area contributed by atoms with Gasteiger partial charge < -0.3 is 14.8 Å². The molecule has 0 unspecified atom stereocenters. The van der Waals surface area contributed by atoms with Crippen LogP contribution in [0.2, 0.25) is 0 Å². The predicted molar refractivity (Wildman–Crippen MR) is 124 cm³/mol. The second-order valence-corrected chi connectivity index (χ2v) is 7.19. The van der Waals surface area contributed by atoms with Gasteiger partial charge in [-0.3, -0.25) is 14.9 Å². The number of nitrogens with zero attached hydrogens (tertiary/aromatic N) is 2. The highest BCUT2D eigenvalue weighted by atomic mass is 19.4. The summed E-state index contributed by atoms with van der Waals surface area (Å²) in [7, 11) is 0. The first-order chi connectivity index (χ1) is 17.1. The molecule has 1 N–H and O–H groups in total. The number of benzene rings is 3. The molecule has 0 aliphatic rings. The Kier molecular flexibility index (Phi) is 7.91. The lowest BCUT2D eigenvalue weighted by atomic mass is 10.1. The summed E-state index contributed by atoms with van der Waals surface area (Å²) in [6.07, 6.45) is -3.41. The molecule has 1 amide bonds. The van der Waals surface area contributed by atoms with Crippen molar-refractivity contribution in [1.82, 2.24) is 0 Å². The fraction of sp³-hybridized carbons (Fsp3) is 0.120. The van der Waals surface area contributed by atoms with Crippen LogP contribution in [-0.2, 0) is 11.0 Å². The van der Waals surface area contributed by atoms with E-state index < -0.39 is 28.3 Å². The van der Waals surface area contributed by atoms with Crippen LogP contribution in [0.1, 0.15) is 18.1 Å². The van der Waals surface area contributed by atoms with Gasteiger partial charge in [-0.2, -0.15) is 18.4 Å². The lowest BCUT2D eigenvalue weighted by molar-refractivity contribution is -0.385. The Bertz CT molecular complexity index is 1330. The fourth-order valence-corrected chi connectivity index (χ4v) is 3.00. The molecule has 0 bridgehead atoms. The number of hydrogen-bond donors (Lipinski definition) is 1. The maximum atomic E-state index is 12.9. The first kappa shape index (κ1) is 25.8. The van der Waals surface area contributed by atoms with Gasteiger partial charge in [0.15, 0.2) is 0 Å². The third-order valence-electron chi connectivity index (χ3n) is 4.69. The molecule has 0 atom stereocenters. The molecule has 0 saturated carbocycles. The van der Waals surface area contributed by atoms with Crippen LogP contribution in [-0.4, -0.2) is 17.4 Å². The van der Waals surface area contributed by atoms with Crippen molar-refractivity contribution >= 4 is 23.4 Å².